The zero-order valence-corrected chi connectivity index (χ0v) is 11.2. The molecule has 2 nitrogen and oxygen atoms in total. The summed E-state index contributed by atoms with van der Waals surface area (Å²) in [5.41, 5.74) is 6.73. The topological polar surface area (TPSA) is 35.2 Å². The molecule has 94 valence electrons. The van der Waals surface area contributed by atoms with Crippen LogP contribution in [0, 0.1) is 0 Å². The van der Waals surface area contributed by atoms with Crippen molar-refractivity contribution in [3.63, 3.8) is 0 Å². The van der Waals surface area contributed by atoms with Gasteiger partial charge in [-0.1, -0.05) is 35.3 Å². The minimum atomic E-state index is -0.191. The highest BCUT2D eigenvalue weighted by Gasteiger charge is 2.11. The fourth-order valence-electron chi connectivity index (χ4n) is 1.61. The van der Waals surface area contributed by atoms with Gasteiger partial charge in [0.25, 0.3) is 0 Å². The maximum absolute atomic E-state index is 5.85. The number of halogens is 2. The fraction of sp³-hybridized carbons (Fsp3) is 0.143. The van der Waals surface area contributed by atoms with Gasteiger partial charge in [-0.15, -0.1) is 0 Å². The summed E-state index contributed by atoms with van der Waals surface area (Å²) in [6.45, 7) is 0.393. The molecule has 0 radical (unpaired) electrons. The van der Waals surface area contributed by atoms with Gasteiger partial charge in [-0.05, 0) is 42.0 Å². The molecule has 1 unspecified atom stereocenters. The quantitative estimate of drug-likeness (QED) is 0.917. The number of ether oxygens (including phenoxy) is 1. The van der Waals surface area contributed by atoms with Crippen LogP contribution in [0.25, 0.3) is 0 Å². The van der Waals surface area contributed by atoms with Crippen LogP contribution in [0.1, 0.15) is 11.7 Å². The molecule has 0 aliphatic rings. The van der Waals surface area contributed by atoms with Crippen molar-refractivity contribution in [3.05, 3.63) is 64.1 Å². The van der Waals surface area contributed by atoms with Crippen molar-refractivity contribution in [3.8, 4) is 5.75 Å². The molecule has 2 aromatic rings. The monoisotopic (exact) mass is 281 g/mol. The lowest BCUT2D eigenvalue weighted by molar-refractivity contribution is 0.214. The molecule has 0 amide bonds. The molecule has 2 aromatic carbocycles. The maximum atomic E-state index is 5.85. The summed E-state index contributed by atoms with van der Waals surface area (Å²) in [7, 11) is 0. The minimum absolute atomic E-state index is 0.191. The molecule has 0 spiro atoms. The van der Waals surface area contributed by atoms with Gasteiger partial charge in [0.1, 0.15) is 11.9 Å². The van der Waals surface area contributed by atoms with E-state index in [1.165, 1.54) is 0 Å². The van der Waals surface area contributed by atoms with Crippen molar-refractivity contribution < 1.29 is 4.74 Å². The second kappa shape index (κ2) is 6.10. The van der Waals surface area contributed by atoms with Crippen molar-refractivity contribution in [1.29, 1.82) is 0 Å². The van der Waals surface area contributed by atoms with E-state index in [4.69, 9.17) is 33.7 Å². The number of benzene rings is 2. The molecular weight excluding hydrogens is 269 g/mol. The number of rotatable bonds is 4. The van der Waals surface area contributed by atoms with E-state index in [9.17, 15) is 0 Å². The van der Waals surface area contributed by atoms with Crippen LogP contribution in [0.5, 0.6) is 5.75 Å². The largest absolute Gasteiger partial charge is 0.484 e. The molecular formula is C14H13Cl2NO. The van der Waals surface area contributed by atoms with Crippen LogP contribution in [0.4, 0.5) is 0 Å². The summed E-state index contributed by atoms with van der Waals surface area (Å²) in [5, 5.41) is 1.37. The van der Waals surface area contributed by atoms with E-state index in [0.29, 0.717) is 16.6 Å². The molecule has 2 N–H and O–H groups in total. The van der Waals surface area contributed by atoms with Crippen LogP contribution in [0.2, 0.25) is 10.0 Å². The molecule has 18 heavy (non-hydrogen) atoms. The number of hydrogen-bond acceptors (Lipinski definition) is 2. The van der Waals surface area contributed by atoms with Crippen molar-refractivity contribution in [2.24, 2.45) is 5.73 Å². The average molecular weight is 282 g/mol. The maximum Gasteiger partial charge on any atom is 0.136 e. The van der Waals surface area contributed by atoms with Gasteiger partial charge in [0.15, 0.2) is 0 Å². The van der Waals surface area contributed by atoms with E-state index in [2.05, 4.69) is 0 Å². The standard InChI is InChI=1S/C14H13Cl2NO/c15-11-3-1-10(2-4-11)14(9-17)18-13-7-5-12(16)6-8-13/h1-8,14H,9,17H2. The highest BCUT2D eigenvalue weighted by atomic mass is 35.5. The van der Waals surface area contributed by atoms with Crippen LogP contribution in [0.3, 0.4) is 0 Å². The molecule has 0 heterocycles. The average Bonchev–Trinajstić information content (AvgIpc) is 2.39. The van der Waals surface area contributed by atoms with Crippen molar-refractivity contribution in [2.75, 3.05) is 6.54 Å². The Hall–Kier alpha value is -1.22. The summed E-state index contributed by atoms with van der Waals surface area (Å²) in [5.74, 6) is 0.741. The lowest BCUT2D eigenvalue weighted by Crippen LogP contribution is -2.18. The Labute approximate surface area is 116 Å². The molecule has 4 heteroatoms. The van der Waals surface area contributed by atoms with Crippen molar-refractivity contribution in [1.82, 2.24) is 0 Å². The summed E-state index contributed by atoms with van der Waals surface area (Å²) >= 11 is 11.7. The first-order valence-electron chi connectivity index (χ1n) is 5.57. The Kier molecular flexibility index (Phi) is 4.48. The molecule has 0 aliphatic heterocycles. The highest BCUT2D eigenvalue weighted by Crippen LogP contribution is 2.23. The third-order valence-corrected chi connectivity index (χ3v) is 3.05. The summed E-state index contributed by atoms with van der Waals surface area (Å²) in [6, 6.07) is 14.7. The van der Waals surface area contributed by atoms with Gasteiger partial charge in [-0.3, -0.25) is 0 Å². The molecule has 2 rings (SSSR count). The van der Waals surface area contributed by atoms with E-state index in [0.717, 1.165) is 11.3 Å². The van der Waals surface area contributed by atoms with Gasteiger partial charge in [-0.25, -0.2) is 0 Å². The molecule has 0 bridgehead atoms. The molecule has 0 saturated heterocycles. The zero-order chi connectivity index (χ0) is 13.0. The lowest BCUT2D eigenvalue weighted by Gasteiger charge is -2.18. The Morgan fingerprint density at radius 1 is 0.889 bits per heavy atom. The van der Waals surface area contributed by atoms with Crippen LogP contribution >= 0.6 is 23.2 Å². The third kappa shape index (κ3) is 3.39. The zero-order valence-electron chi connectivity index (χ0n) is 9.64. The third-order valence-electron chi connectivity index (χ3n) is 2.55. The normalized spacial score (nSPS) is 12.2. The number of nitrogens with two attached hydrogens (primary N) is 1. The van der Waals surface area contributed by atoms with Gasteiger partial charge in [0, 0.05) is 16.6 Å². The fourth-order valence-corrected chi connectivity index (χ4v) is 1.86. The van der Waals surface area contributed by atoms with Gasteiger partial charge >= 0.3 is 0 Å². The smallest absolute Gasteiger partial charge is 0.136 e. The Bertz CT molecular complexity index is 496. The van der Waals surface area contributed by atoms with E-state index in [-0.39, 0.29) is 6.10 Å². The van der Waals surface area contributed by atoms with Gasteiger partial charge in [-0.2, -0.15) is 0 Å². The Morgan fingerprint density at radius 3 is 1.89 bits per heavy atom. The van der Waals surface area contributed by atoms with E-state index >= 15 is 0 Å². The second-order valence-electron chi connectivity index (χ2n) is 3.85. The summed E-state index contributed by atoms with van der Waals surface area (Å²) in [6.07, 6.45) is -0.191. The predicted molar refractivity (Wildman–Crippen MR) is 75.3 cm³/mol. The van der Waals surface area contributed by atoms with Crippen LogP contribution in [-0.2, 0) is 0 Å². The Morgan fingerprint density at radius 2 is 1.39 bits per heavy atom. The molecule has 0 saturated carbocycles. The minimum Gasteiger partial charge on any atom is -0.484 e. The van der Waals surface area contributed by atoms with E-state index < -0.39 is 0 Å². The van der Waals surface area contributed by atoms with Crippen molar-refractivity contribution >= 4 is 23.2 Å². The van der Waals surface area contributed by atoms with Crippen LogP contribution < -0.4 is 10.5 Å². The molecule has 1 atom stereocenters. The van der Waals surface area contributed by atoms with Gasteiger partial charge in [0.2, 0.25) is 0 Å². The summed E-state index contributed by atoms with van der Waals surface area (Å²) in [4.78, 5) is 0. The lowest BCUT2D eigenvalue weighted by atomic mass is 10.1. The Balaban J connectivity index is 2.14. The second-order valence-corrected chi connectivity index (χ2v) is 4.72. The number of hydrogen-bond donors (Lipinski definition) is 1. The van der Waals surface area contributed by atoms with Gasteiger partial charge < -0.3 is 10.5 Å². The van der Waals surface area contributed by atoms with Crippen LogP contribution in [0.15, 0.2) is 48.5 Å². The first-order valence-corrected chi connectivity index (χ1v) is 6.32. The first kappa shape index (κ1) is 13.2. The predicted octanol–water partition coefficient (Wildman–Crippen LogP) is 4.07. The molecule has 0 aromatic heterocycles. The molecule has 0 fully saturated rings. The molecule has 0 aliphatic carbocycles. The van der Waals surface area contributed by atoms with Crippen molar-refractivity contribution in [2.45, 2.75) is 6.10 Å². The SMILES string of the molecule is NCC(Oc1ccc(Cl)cc1)c1ccc(Cl)cc1. The van der Waals surface area contributed by atoms with E-state index in [1.54, 1.807) is 12.1 Å². The van der Waals surface area contributed by atoms with Crippen LogP contribution in [-0.4, -0.2) is 6.54 Å². The first-order chi connectivity index (χ1) is 8.69. The van der Waals surface area contributed by atoms with E-state index in [1.807, 2.05) is 36.4 Å². The highest BCUT2D eigenvalue weighted by molar-refractivity contribution is 6.30. The van der Waals surface area contributed by atoms with Gasteiger partial charge in [0.05, 0.1) is 0 Å². The summed E-state index contributed by atoms with van der Waals surface area (Å²) < 4.78 is 5.82.